The van der Waals surface area contributed by atoms with Crippen molar-refractivity contribution in [1.82, 2.24) is 5.32 Å². The van der Waals surface area contributed by atoms with E-state index >= 15 is 0 Å². The van der Waals surface area contributed by atoms with Gasteiger partial charge in [-0.1, -0.05) is 336 Å². The number of rotatable bonds is 65. The van der Waals surface area contributed by atoms with Crippen LogP contribution in [0.25, 0.3) is 0 Å². The average Bonchev–Trinajstić information content (AvgIpc) is 0.801. The van der Waals surface area contributed by atoms with E-state index in [0.717, 1.165) is 77.0 Å². The predicted octanol–water partition coefficient (Wildman–Crippen LogP) is 17.5. The van der Waals surface area contributed by atoms with Crippen molar-refractivity contribution in [1.29, 1.82) is 0 Å². The first-order valence-corrected chi connectivity index (χ1v) is 39.3. The maximum Gasteiger partial charge on any atom is 0.220 e. The summed E-state index contributed by atoms with van der Waals surface area (Å²) < 4.78 is 22.9. The van der Waals surface area contributed by atoms with Crippen molar-refractivity contribution in [2.45, 2.75) is 402 Å². The summed E-state index contributed by atoms with van der Waals surface area (Å²) in [5.74, 6) is -0.235. The van der Waals surface area contributed by atoms with Gasteiger partial charge in [0.1, 0.15) is 48.8 Å². The quantitative estimate of drug-likeness (QED) is 0.0204. The van der Waals surface area contributed by atoms with Crippen molar-refractivity contribution in [3.63, 3.8) is 0 Å². The highest BCUT2D eigenvalue weighted by atomic mass is 16.7. The van der Waals surface area contributed by atoms with E-state index in [-0.39, 0.29) is 18.9 Å². The summed E-state index contributed by atoms with van der Waals surface area (Å²) in [4.78, 5) is 13.4. The summed E-state index contributed by atoms with van der Waals surface area (Å²) in [7, 11) is 0. The highest BCUT2D eigenvalue weighted by molar-refractivity contribution is 5.76. The van der Waals surface area contributed by atoms with Gasteiger partial charge in [-0.3, -0.25) is 4.79 Å². The minimum atomic E-state index is -1.79. The molecule has 2 heterocycles. The van der Waals surface area contributed by atoms with Crippen LogP contribution in [0.2, 0.25) is 0 Å². The molecule has 0 radical (unpaired) electrons. The Balaban J connectivity index is 1.59. The number of hydrogen-bond donors (Lipinski definition) is 9. The molecule has 14 nitrogen and oxygen atoms in total. The molecule has 0 aromatic carbocycles. The number of nitrogens with one attached hydrogen (secondary N) is 1. The molecule has 95 heavy (non-hydrogen) atoms. The molecule has 0 spiro atoms. The van der Waals surface area contributed by atoms with Gasteiger partial charge in [-0.25, -0.2) is 0 Å². The second-order valence-corrected chi connectivity index (χ2v) is 27.5. The molecule has 0 saturated carbocycles. The van der Waals surface area contributed by atoms with E-state index in [1.807, 2.05) is 6.08 Å². The Morgan fingerprint density at radius 3 is 1.12 bits per heavy atom. The van der Waals surface area contributed by atoms with Crippen molar-refractivity contribution >= 4 is 5.91 Å². The SMILES string of the molecule is CC/C=C\C/C=C\C/C=C\C/C=C\C/C=C\C/C=C\CCCCCCCCCCCCCCCCCCCCCCC(=O)NC(COC1OC(CO)C(OC2OC(CO)C(O)C(O)C2O)C(O)C1O)C(O)/C=C/CCCCCCCCCCCCCCCCCCCCCC. The number of carbonyl (C=O) groups excluding carboxylic acids is 1. The highest BCUT2D eigenvalue weighted by Crippen LogP contribution is 2.30. The zero-order valence-corrected chi connectivity index (χ0v) is 60.4. The molecule has 1 amide bonds. The zero-order valence-electron chi connectivity index (χ0n) is 60.4. The van der Waals surface area contributed by atoms with Gasteiger partial charge in [-0.05, 0) is 70.6 Å². The lowest BCUT2D eigenvalue weighted by molar-refractivity contribution is -0.359. The van der Waals surface area contributed by atoms with E-state index in [2.05, 4.69) is 92.1 Å². The first-order chi connectivity index (χ1) is 46.6. The average molecular weight is 1340 g/mol. The van der Waals surface area contributed by atoms with Crippen molar-refractivity contribution < 1.29 is 64.6 Å². The summed E-state index contributed by atoms with van der Waals surface area (Å²) in [6, 6.07) is -0.918. The third-order valence-corrected chi connectivity index (χ3v) is 18.8. The van der Waals surface area contributed by atoms with Crippen molar-refractivity contribution in [2.75, 3.05) is 19.8 Å². The minimum absolute atomic E-state index is 0.235. The molecule has 552 valence electrons. The number of aliphatic hydroxyl groups excluding tert-OH is 8. The summed E-state index contributed by atoms with van der Waals surface area (Å²) in [6.45, 7) is 2.73. The van der Waals surface area contributed by atoms with Crippen LogP contribution < -0.4 is 5.32 Å². The van der Waals surface area contributed by atoms with Gasteiger partial charge in [-0.2, -0.15) is 0 Å². The van der Waals surface area contributed by atoms with E-state index < -0.39 is 86.8 Å². The smallest absolute Gasteiger partial charge is 0.220 e. The molecule has 2 aliphatic heterocycles. The fourth-order valence-electron chi connectivity index (χ4n) is 12.7. The van der Waals surface area contributed by atoms with Gasteiger partial charge in [0, 0.05) is 6.42 Å². The van der Waals surface area contributed by atoms with Crippen LogP contribution in [-0.2, 0) is 23.7 Å². The molecule has 0 aromatic heterocycles. The summed E-state index contributed by atoms with van der Waals surface area (Å²) in [6.07, 6.45) is 73.7. The molecule has 2 rings (SSSR count). The molecule has 0 bridgehead atoms. The topological polar surface area (TPSA) is 228 Å². The van der Waals surface area contributed by atoms with Gasteiger partial charge in [-0.15, -0.1) is 0 Å². The molecule has 14 heteroatoms. The molecular weight excluding hydrogens is 1190 g/mol. The fraction of sp³-hybridized carbons (Fsp3) is 0.815. The Bertz CT molecular complexity index is 1920. The first-order valence-electron chi connectivity index (χ1n) is 39.3. The Hall–Kier alpha value is -2.83. The minimum Gasteiger partial charge on any atom is -0.394 e. The number of carbonyl (C=O) groups is 1. The molecule has 2 saturated heterocycles. The standard InChI is InChI=1S/C81H145NO13/c1-3-5-7-9-11-13-15-17-19-21-23-25-27-28-29-30-31-32-33-34-35-36-37-38-39-40-41-42-43-45-47-49-51-53-55-57-59-61-63-65-73(86)82-69(68-92-80-78(91)76(89)79(72(67-84)94-80)95-81-77(90)75(88)74(87)71(66-83)93-81)70(85)64-62-60-58-56-54-52-50-48-46-44-26-24-22-20-18-16-14-12-10-8-6-4-2/h5,7,11,13,17,19,23,25,28-29,31-32,62,64,69-72,74-81,83-85,87-91H,3-4,6,8-10,12,14-16,18,20-22,24,26-27,30,33-61,63,65-68H2,1-2H3,(H,82,86)/b7-5-,13-11-,19-17-,25-23-,29-28-,32-31-,64-62+. The molecule has 0 aliphatic carbocycles. The lowest BCUT2D eigenvalue weighted by Gasteiger charge is -2.46. The first kappa shape index (κ1) is 88.3. The van der Waals surface area contributed by atoms with Gasteiger partial charge in [0.15, 0.2) is 12.6 Å². The largest absolute Gasteiger partial charge is 0.394 e. The Labute approximate surface area is 580 Å². The Kier molecular flexibility index (Phi) is 60.0. The number of ether oxygens (including phenoxy) is 4. The normalized spacial score (nSPS) is 22.8. The van der Waals surface area contributed by atoms with Gasteiger partial charge < -0.3 is 65.1 Å². The molecule has 9 N–H and O–H groups in total. The lowest BCUT2D eigenvalue weighted by Crippen LogP contribution is -2.65. The van der Waals surface area contributed by atoms with Crippen LogP contribution in [0.15, 0.2) is 85.1 Å². The number of aliphatic hydroxyl groups is 8. The van der Waals surface area contributed by atoms with E-state index in [0.29, 0.717) is 6.42 Å². The molecule has 2 aliphatic rings. The van der Waals surface area contributed by atoms with E-state index in [9.17, 15) is 45.6 Å². The molecule has 12 unspecified atom stereocenters. The summed E-state index contributed by atoms with van der Waals surface area (Å²) in [5, 5.41) is 87.6. The molecule has 0 aromatic rings. The van der Waals surface area contributed by atoms with Crippen molar-refractivity contribution in [3.8, 4) is 0 Å². The second kappa shape index (κ2) is 64.5. The van der Waals surface area contributed by atoms with Gasteiger partial charge in [0.2, 0.25) is 5.91 Å². The van der Waals surface area contributed by atoms with Crippen molar-refractivity contribution in [3.05, 3.63) is 85.1 Å². The van der Waals surface area contributed by atoms with Crippen LogP contribution in [-0.4, -0.2) is 140 Å². The number of hydrogen-bond acceptors (Lipinski definition) is 13. The molecular formula is C81H145NO13. The third-order valence-electron chi connectivity index (χ3n) is 18.8. The van der Waals surface area contributed by atoms with E-state index in [1.165, 1.54) is 225 Å². The maximum atomic E-state index is 13.4. The zero-order chi connectivity index (χ0) is 68.7. The summed E-state index contributed by atoms with van der Waals surface area (Å²) >= 11 is 0. The fourth-order valence-corrected chi connectivity index (χ4v) is 12.7. The van der Waals surface area contributed by atoms with Crippen LogP contribution in [0.1, 0.15) is 328 Å². The second-order valence-electron chi connectivity index (χ2n) is 27.5. The summed E-state index contributed by atoms with van der Waals surface area (Å²) in [5.41, 5.74) is 0. The van der Waals surface area contributed by atoms with Gasteiger partial charge in [0.05, 0.1) is 32.0 Å². The van der Waals surface area contributed by atoms with E-state index in [4.69, 9.17) is 18.9 Å². The monoisotopic (exact) mass is 1340 g/mol. The lowest BCUT2D eigenvalue weighted by atomic mass is 9.97. The maximum absolute atomic E-state index is 13.4. The van der Waals surface area contributed by atoms with E-state index in [1.54, 1.807) is 6.08 Å². The Morgan fingerprint density at radius 2 is 0.726 bits per heavy atom. The Morgan fingerprint density at radius 1 is 0.389 bits per heavy atom. The van der Waals surface area contributed by atoms with Crippen LogP contribution in [0.5, 0.6) is 0 Å². The van der Waals surface area contributed by atoms with Crippen molar-refractivity contribution in [2.24, 2.45) is 0 Å². The van der Waals surface area contributed by atoms with Crippen LogP contribution in [0, 0.1) is 0 Å². The van der Waals surface area contributed by atoms with Crippen LogP contribution >= 0.6 is 0 Å². The van der Waals surface area contributed by atoms with Crippen LogP contribution in [0.4, 0.5) is 0 Å². The number of unbranched alkanes of at least 4 members (excludes halogenated alkanes) is 40. The third kappa shape index (κ3) is 47.8. The molecule has 2 fully saturated rings. The van der Waals surface area contributed by atoms with Gasteiger partial charge >= 0.3 is 0 Å². The highest BCUT2D eigenvalue weighted by Gasteiger charge is 2.51. The molecule has 12 atom stereocenters. The van der Waals surface area contributed by atoms with Crippen LogP contribution in [0.3, 0.4) is 0 Å². The van der Waals surface area contributed by atoms with Gasteiger partial charge in [0.25, 0.3) is 0 Å². The predicted molar refractivity (Wildman–Crippen MR) is 392 cm³/mol. The number of allylic oxidation sites excluding steroid dienone is 13. The number of amides is 1.